The quantitative estimate of drug-likeness (QED) is 0.852. The highest BCUT2D eigenvalue weighted by Gasteiger charge is 2.32. The Bertz CT molecular complexity index is 740. The third kappa shape index (κ3) is 4.79. The number of nitrogens with zero attached hydrogens (tertiary/aromatic N) is 1. The molecule has 2 unspecified atom stereocenters. The number of benzene rings is 1. The van der Waals surface area contributed by atoms with Crippen LogP contribution >= 0.6 is 11.8 Å². The second kappa shape index (κ2) is 8.11. The maximum Gasteiger partial charge on any atom is 0.243 e. The van der Waals surface area contributed by atoms with Crippen molar-refractivity contribution in [3.05, 3.63) is 65.7 Å². The summed E-state index contributed by atoms with van der Waals surface area (Å²) in [6, 6.07) is 9.26. The predicted octanol–water partition coefficient (Wildman–Crippen LogP) is 1.68. The molecule has 0 aliphatic carbocycles. The first-order valence-corrected chi connectivity index (χ1v) is 9.00. The fraction of sp³-hybridized carbons (Fsp3) is 0.278. The largest absolute Gasteiger partial charge is 0.350 e. The number of hydrogen-bond acceptors (Lipinski definition) is 4. The molecule has 2 heterocycles. The summed E-state index contributed by atoms with van der Waals surface area (Å²) in [7, 11) is 0. The van der Waals surface area contributed by atoms with Crippen LogP contribution in [0.25, 0.3) is 0 Å². The molecule has 2 atom stereocenters. The minimum absolute atomic E-state index is 0.165. The Kier molecular flexibility index (Phi) is 5.65. The van der Waals surface area contributed by atoms with Gasteiger partial charge >= 0.3 is 0 Å². The van der Waals surface area contributed by atoms with Gasteiger partial charge in [-0.2, -0.15) is 0 Å². The normalized spacial score (nSPS) is 20.0. The molecule has 5 nitrogen and oxygen atoms in total. The van der Waals surface area contributed by atoms with Crippen molar-refractivity contribution < 1.29 is 14.0 Å². The number of hydrogen-bond donors (Lipinski definition) is 2. The molecule has 0 bridgehead atoms. The Morgan fingerprint density at radius 2 is 2.08 bits per heavy atom. The first kappa shape index (κ1) is 17.4. The number of aromatic nitrogens is 1. The number of amides is 2. The van der Waals surface area contributed by atoms with Gasteiger partial charge in [0.05, 0.1) is 5.25 Å². The lowest BCUT2D eigenvalue weighted by Crippen LogP contribution is -2.54. The molecule has 7 heteroatoms. The highest BCUT2D eigenvalue weighted by molar-refractivity contribution is 8.00. The van der Waals surface area contributed by atoms with Crippen LogP contribution in [-0.2, 0) is 22.6 Å². The molecule has 25 heavy (non-hydrogen) atoms. The second-order valence-corrected chi connectivity index (χ2v) is 7.03. The number of rotatable bonds is 5. The van der Waals surface area contributed by atoms with E-state index < -0.39 is 6.04 Å². The maximum atomic E-state index is 12.9. The molecule has 130 valence electrons. The Balaban J connectivity index is 1.50. The first-order chi connectivity index (χ1) is 12.1. The van der Waals surface area contributed by atoms with Crippen molar-refractivity contribution in [1.82, 2.24) is 15.6 Å². The molecule has 0 saturated carbocycles. The van der Waals surface area contributed by atoms with Crippen molar-refractivity contribution >= 4 is 23.6 Å². The molecule has 2 N–H and O–H groups in total. The van der Waals surface area contributed by atoms with Crippen LogP contribution < -0.4 is 10.6 Å². The van der Waals surface area contributed by atoms with E-state index in [1.165, 1.54) is 23.9 Å². The zero-order valence-corrected chi connectivity index (χ0v) is 14.3. The molecule has 1 fully saturated rings. The summed E-state index contributed by atoms with van der Waals surface area (Å²) in [5.41, 5.74) is 1.80. The molecule has 1 aromatic heterocycles. The van der Waals surface area contributed by atoms with E-state index >= 15 is 0 Å². The average molecular weight is 359 g/mol. The lowest BCUT2D eigenvalue weighted by molar-refractivity contribution is -0.128. The van der Waals surface area contributed by atoms with E-state index in [0.29, 0.717) is 18.7 Å². The zero-order chi connectivity index (χ0) is 17.6. The molecule has 1 saturated heterocycles. The van der Waals surface area contributed by atoms with E-state index in [2.05, 4.69) is 15.6 Å². The van der Waals surface area contributed by atoms with E-state index in [-0.39, 0.29) is 22.9 Å². The van der Waals surface area contributed by atoms with Gasteiger partial charge in [-0.25, -0.2) is 4.39 Å². The molecular weight excluding hydrogens is 341 g/mol. The van der Waals surface area contributed by atoms with Crippen LogP contribution in [0.3, 0.4) is 0 Å². The van der Waals surface area contributed by atoms with E-state index in [9.17, 15) is 14.0 Å². The van der Waals surface area contributed by atoms with Crippen LogP contribution in [0.1, 0.15) is 11.1 Å². The summed E-state index contributed by atoms with van der Waals surface area (Å²) in [5, 5.41) is 5.31. The van der Waals surface area contributed by atoms with Crippen molar-refractivity contribution in [1.29, 1.82) is 0 Å². The summed E-state index contributed by atoms with van der Waals surface area (Å²) in [6.45, 7) is 0.378. The number of halogens is 1. The molecule has 0 spiro atoms. The predicted molar refractivity (Wildman–Crippen MR) is 94.4 cm³/mol. The highest BCUT2D eigenvalue weighted by atomic mass is 32.2. The first-order valence-electron chi connectivity index (χ1n) is 7.95. The maximum absolute atomic E-state index is 12.9. The van der Waals surface area contributed by atoms with Crippen molar-refractivity contribution in [2.45, 2.75) is 24.3 Å². The Morgan fingerprint density at radius 3 is 2.76 bits per heavy atom. The van der Waals surface area contributed by atoms with E-state index in [1.807, 2.05) is 6.07 Å². The van der Waals surface area contributed by atoms with Crippen LogP contribution in [-0.4, -0.2) is 33.8 Å². The number of thioether (sulfide) groups is 1. The number of carbonyl (C=O) groups is 2. The monoisotopic (exact) mass is 359 g/mol. The molecule has 2 aromatic rings. The molecule has 3 rings (SSSR count). The molecule has 0 radical (unpaired) electrons. The third-order valence-electron chi connectivity index (χ3n) is 3.91. The van der Waals surface area contributed by atoms with E-state index in [4.69, 9.17) is 0 Å². The molecule has 1 aliphatic rings. The summed E-state index contributed by atoms with van der Waals surface area (Å²) in [5.74, 6) is -0.155. The highest BCUT2D eigenvalue weighted by Crippen LogP contribution is 2.22. The zero-order valence-electron chi connectivity index (χ0n) is 13.4. The van der Waals surface area contributed by atoms with Crippen molar-refractivity contribution in [2.24, 2.45) is 0 Å². The number of carbonyl (C=O) groups excluding carboxylic acids is 2. The van der Waals surface area contributed by atoms with Gasteiger partial charge in [-0.1, -0.05) is 18.2 Å². The van der Waals surface area contributed by atoms with Gasteiger partial charge in [-0.3, -0.25) is 14.6 Å². The Morgan fingerprint density at radius 1 is 1.28 bits per heavy atom. The molecule has 1 aromatic carbocycles. The van der Waals surface area contributed by atoms with Crippen molar-refractivity contribution in [3.63, 3.8) is 0 Å². The fourth-order valence-electron chi connectivity index (χ4n) is 2.54. The van der Waals surface area contributed by atoms with Gasteiger partial charge in [-0.15, -0.1) is 11.8 Å². The van der Waals surface area contributed by atoms with Crippen molar-refractivity contribution in [2.75, 3.05) is 5.75 Å². The molecule has 2 amide bonds. The SMILES string of the molecule is O=C(NCc1cccnc1)C1CSC(Cc2ccc(F)cc2)C(=O)N1. The summed E-state index contributed by atoms with van der Waals surface area (Å²) in [6.07, 6.45) is 3.87. The van der Waals surface area contributed by atoms with Gasteiger partial charge in [-0.05, 0) is 35.7 Å². The van der Waals surface area contributed by atoms with Crippen LogP contribution in [0.4, 0.5) is 4.39 Å². The molecule has 1 aliphatic heterocycles. The fourth-order valence-corrected chi connectivity index (χ4v) is 3.73. The number of pyridine rings is 1. The van der Waals surface area contributed by atoms with Crippen LogP contribution in [0.5, 0.6) is 0 Å². The Hall–Kier alpha value is -2.41. The van der Waals surface area contributed by atoms with Crippen LogP contribution in [0, 0.1) is 5.82 Å². The van der Waals surface area contributed by atoms with E-state index in [0.717, 1.165) is 11.1 Å². The van der Waals surface area contributed by atoms with Crippen LogP contribution in [0.15, 0.2) is 48.8 Å². The third-order valence-corrected chi connectivity index (χ3v) is 5.22. The summed E-state index contributed by atoms with van der Waals surface area (Å²) >= 11 is 1.45. The van der Waals surface area contributed by atoms with Gasteiger partial charge in [0.15, 0.2) is 0 Å². The second-order valence-electron chi connectivity index (χ2n) is 5.79. The molecular formula is C18H18FN3O2S. The van der Waals surface area contributed by atoms with Gasteiger partial charge in [0.2, 0.25) is 11.8 Å². The Labute approximate surface area is 149 Å². The van der Waals surface area contributed by atoms with Gasteiger partial charge in [0.1, 0.15) is 11.9 Å². The minimum Gasteiger partial charge on any atom is -0.350 e. The van der Waals surface area contributed by atoms with Gasteiger partial charge < -0.3 is 10.6 Å². The van der Waals surface area contributed by atoms with Gasteiger partial charge in [0.25, 0.3) is 0 Å². The smallest absolute Gasteiger partial charge is 0.243 e. The summed E-state index contributed by atoms with van der Waals surface area (Å²) in [4.78, 5) is 28.5. The van der Waals surface area contributed by atoms with Gasteiger partial charge in [0, 0.05) is 24.7 Å². The standard InChI is InChI=1S/C18H18FN3O2S/c19-14-5-3-12(4-6-14)8-16-18(24)22-15(11-25-16)17(23)21-10-13-2-1-7-20-9-13/h1-7,9,15-16H,8,10-11H2,(H,21,23)(H,22,24). The van der Waals surface area contributed by atoms with Crippen LogP contribution in [0.2, 0.25) is 0 Å². The summed E-state index contributed by atoms with van der Waals surface area (Å²) < 4.78 is 12.9. The number of nitrogens with one attached hydrogen (secondary N) is 2. The average Bonchev–Trinajstić information content (AvgIpc) is 2.64. The lowest BCUT2D eigenvalue weighted by Gasteiger charge is -2.28. The lowest BCUT2D eigenvalue weighted by atomic mass is 10.1. The van der Waals surface area contributed by atoms with E-state index in [1.54, 1.807) is 30.6 Å². The minimum atomic E-state index is -0.543. The van der Waals surface area contributed by atoms with Crippen molar-refractivity contribution in [3.8, 4) is 0 Å². The topological polar surface area (TPSA) is 71.1 Å².